The van der Waals surface area contributed by atoms with E-state index in [4.69, 9.17) is 5.11 Å². The lowest BCUT2D eigenvalue weighted by Crippen LogP contribution is -2.37. The first-order chi connectivity index (χ1) is 10.8. The molecule has 7 nitrogen and oxygen atoms in total. The van der Waals surface area contributed by atoms with Gasteiger partial charge in [-0.15, -0.1) is 0 Å². The molecule has 7 heteroatoms. The maximum atomic E-state index is 12.6. The summed E-state index contributed by atoms with van der Waals surface area (Å²) in [6.45, 7) is 2.07. The maximum absolute atomic E-state index is 12.6. The Morgan fingerprint density at radius 1 is 1.17 bits per heavy atom. The molecule has 0 aromatic heterocycles. The van der Waals surface area contributed by atoms with E-state index >= 15 is 0 Å². The summed E-state index contributed by atoms with van der Waals surface area (Å²) >= 11 is 0. The number of fused-ring (bicyclic) bond motifs is 1. The third-order valence-corrected chi connectivity index (χ3v) is 4.67. The number of carbonyl (C=O) groups is 4. The molecule has 3 rings (SSSR count). The van der Waals surface area contributed by atoms with Crippen LogP contribution in [-0.4, -0.2) is 58.2 Å². The fourth-order valence-corrected chi connectivity index (χ4v) is 3.22. The number of benzene rings is 1. The van der Waals surface area contributed by atoms with Gasteiger partial charge in [0.25, 0.3) is 17.7 Å². The molecule has 1 aromatic carbocycles. The van der Waals surface area contributed by atoms with Crippen LogP contribution < -0.4 is 0 Å². The fourth-order valence-electron chi connectivity index (χ4n) is 3.22. The van der Waals surface area contributed by atoms with E-state index < -0.39 is 23.8 Å². The summed E-state index contributed by atoms with van der Waals surface area (Å²) in [5.74, 6) is -2.63. The van der Waals surface area contributed by atoms with Crippen molar-refractivity contribution in [1.29, 1.82) is 0 Å². The van der Waals surface area contributed by atoms with Gasteiger partial charge in [0.1, 0.15) is 0 Å². The lowest BCUT2D eigenvalue weighted by atomic mass is 10.0. The van der Waals surface area contributed by atoms with Gasteiger partial charge < -0.3 is 10.0 Å². The van der Waals surface area contributed by atoms with Gasteiger partial charge in [-0.05, 0) is 31.5 Å². The molecule has 1 saturated heterocycles. The molecule has 2 unspecified atom stereocenters. The van der Waals surface area contributed by atoms with E-state index in [1.54, 1.807) is 6.92 Å². The molecule has 0 spiro atoms. The predicted molar refractivity (Wildman–Crippen MR) is 79.1 cm³/mol. The van der Waals surface area contributed by atoms with Crippen molar-refractivity contribution in [1.82, 2.24) is 9.80 Å². The van der Waals surface area contributed by atoms with E-state index in [0.29, 0.717) is 13.0 Å². The maximum Gasteiger partial charge on any atom is 0.308 e. The van der Waals surface area contributed by atoms with Crippen LogP contribution in [0.15, 0.2) is 18.2 Å². The molecule has 1 N–H and O–H groups in total. The van der Waals surface area contributed by atoms with Gasteiger partial charge in [-0.3, -0.25) is 24.1 Å². The van der Waals surface area contributed by atoms with Crippen molar-refractivity contribution in [3.8, 4) is 0 Å². The highest BCUT2D eigenvalue weighted by molar-refractivity contribution is 6.21. The first-order valence-electron chi connectivity index (χ1n) is 7.33. The van der Waals surface area contributed by atoms with Crippen LogP contribution in [0.3, 0.4) is 0 Å². The molecule has 2 aliphatic heterocycles. The molecule has 1 fully saturated rings. The first kappa shape index (κ1) is 15.2. The molecule has 1 aromatic rings. The summed E-state index contributed by atoms with van der Waals surface area (Å²) in [5.41, 5.74) is 0.787. The third kappa shape index (κ3) is 2.19. The second-order valence-corrected chi connectivity index (χ2v) is 5.90. The molecule has 3 amide bonds. The summed E-state index contributed by atoms with van der Waals surface area (Å²) in [6, 6.07) is 3.99. The Morgan fingerprint density at radius 3 is 2.43 bits per heavy atom. The molecule has 0 aliphatic carbocycles. The van der Waals surface area contributed by atoms with E-state index in [1.165, 1.54) is 30.1 Å². The third-order valence-electron chi connectivity index (χ3n) is 4.67. The standard InChI is InChI=1S/C16H16N2O5/c1-8-10(16(22)23)5-6-18(8)13(19)9-3-4-11-12(7-9)15(21)17(2)14(11)20/h3-4,7-8,10H,5-6H2,1-2H3,(H,22,23). The van der Waals surface area contributed by atoms with Gasteiger partial charge in [-0.1, -0.05) is 0 Å². The number of hydrogen-bond acceptors (Lipinski definition) is 4. The zero-order chi connectivity index (χ0) is 16.9. The van der Waals surface area contributed by atoms with Crippen LogP contribution in [0.2, 0.25) is 0 Å². The Morgan fingerprint density at radius 2 is 1.83 bits per heavy atom. The number of aliphatic carboxylic acids is 1. The summed E-state index contributed by atoms with van der Waals surface area (Å²) in [7, 11) is 1.40. The van der Waals surface area contributed by atoms with E-state index in [-0.39, 0.29) is 28.5 Å². The van der Waals surface area contributed by atoms with Crippen molar-refractivity contribution >= 4 is 23.7 Å². The number of hydrogen-bond donors (Lipinski definition) is 1. The lowest BCUT2D eigenvalue weighted by molar-refractivity contribution is -0.142. The average Bonchev–Trinajstić information content (AvgIpc) is 3.01. The summed E-state index contributed by atoms with van der Waals surface area (Å²) < 4.78 is 0. The number of rotatable bonds is 2. The Balaban J connectivity index is 1.90. The highest BCUT2D eigenvalue weighted by Gasteiger charge is 2.39. The number of carboxylic acids is 1. The highest BCUT2D eigenvalue weighted by atomic mass is 16.4. The fraction of sp³-hybridized carbons (Fsp3) is 0.375. The predicted octanol–water partition coefficient (Wildman–Crippen LogP) is 0.848. The van der Waals surface area contributed by atoms with Gasteiger partial charge in [0.15, 0.2) is 0 Å². The van der Waals surface area contributed by atoms with E-state index in [9.17, 15) is 19.2 Å². The molecule has 23 heavy (non-hydrogen) atoms. The van der Waals surface area contributed by atoms with Gasteiger partial charge in [0.2, 0.25) is 0 Å². The quantitative estimate of drug-likeness (QED) is 0.816. The number of amides is 3. The topological polar surface area (TPSA) is 95.0 Å². The summed E-state index contributed by atoms with van der Waals surface area (Å²) in [4.78, 5) is 50.2. The van der Waals surface area contributed by atoms with Gasteiger partial charge in [-0.2, -0.15) is 0 Å². The summed E-state index contributed by atoms with van der Waals surface area (Å²) in [5, 5.41) is 9.15. The van der Waals surface area contributed by atoms with Crippen LogP contribution in [0, 0.1) is 5.92 Å². The van der Waals surface area contributed by atoms with Gasteiger partial charge in [-0.25, -0.2) is 0 Å². The van der Waals surface area contributed by atoms with Crippen molar-refractivity contribution in [3.05, 3.63) is 34.9 Å². The normalized spacial score (nSPS) is 23.4. The van der Waals surface area contributed by atoms with Crippen LogP contribution in [0.4, 0.5) is 0 Å². The minimum Gasteiger partial charge on any atom is -0.481 e. The zero-order valence-electron chi connectivity index (χ0n) is 12.8. The molecule has 2 aliphatic rings. The van der Waals surface area contributed by atoms with Crippen molar-refractivity contribution in [2.75, 3.05) is 13.6 Å². The smallest absolute Gasteiger partial charge is 0.308 e. The van der Waals surface area contributed by atoms with Crippen LogP contribution >= 0.6 is 0 Å². The van der Waals surface area contributed by atoms with E-state index in [2.05, 4.69) is 0 Å². The lowest BCUT2D eigenvalue weighted by Gasteiger charge is -2.23. The molecule has 120 valence electrons. The van der Waals surface area contributed by atoms with E-state index in [0.717, 1.165) is 4.90 Å². The van der Waals surface area contributed by atoms with Crippen LogP contribution in [0.1, 0.15) is 44.4 Å². The minimum absolute atomic E-state index is 0.213. The molecular weight excluding hydrogens is 300 g/mol. The number of nitrogens with zero attached hydrogens (tertiary/aromatic N) is 2. The van der Waals surface area contributed by atoms with Gasteiger partial charge in [0, 0.05) is 25.2 Å². The molecule has 0 radical (unpaired) electrons. The molecular formula is C16H16N2O5. The molecule has 0 saturated carbocycles. The largest absolute Gasteiger partial charge is 0.481 e. The number of carboxylic acid groups (broad SMARTS) is 1. The Labute approximate surface area is 132 Å². The second-order valence-electron chi connectivity index (χ2n) is 5.90. The molecule has 0 bridgehead atoms. The number of imide groups is 1. The van der Waals surface area contributed by atoms with Crippen LogP contribution in [0.25, 0.3) is 0 Å². The SMILES string of the molecule is CC1C(C(=O)O)CCN1C(=O)c1ccc2c(c1)C(=O)N(C)C2=O. The van der Waals surface area contributed by atoms with Crippen molar-refractivity contribution < 1.29 is 24.3 Å². The van der Waals surface area contributed by atoms with Crippen molar-refractivity contribution in [2.45, 2.75) is 19.4 Å². The van der Waals surface area contributed by atoms with Crippen molar-refractivity contribution in [3.63, 3.8) is 0 Å². The first-order valence-corrected chi connectivity index (χ1v) is 7.33. The monoisotopic (exact) mass is 316 g/mol. The van der Waals surface area contributed by atoms with Gasteiger partial charge in [0.05, 0.1) is 17.0 Å². The second kappa shape index (κ2) is 5.19. The molecule has 2 heterocycles. The zero-order valence-corrected chi connectivity index (χ0v) is 12.8. The highest BCUT2D eigenvalue weighted by Crippen LogP contribution is 2.28. The number of likely N-dealkylation sites (tertiary alicyclic amines) is 1. The average molecular weight is 316 g/mol. The number of carbonyl (C=O) groups excluding carboxylic acids is 3. The Hall–Kier alpha value is -2.70. The molecule has 2 atom stereocenters. The van der Waals surface area contributed by atoms with Crippen molar-refractivity contribution in [2.24, 2.45) is 5.92 Å². The summed E-state index contributed by atoms with van der Waals surface area (Å²) in [6.07, 6.45) is 0.410. The van der Waals surface area contributed by atoms with Crippen LogP contribution in [0.5, 0.6) is 0 Å². The Kier molecular flexibility index (Phi) is 3.43. The van der Waals surface area contributed by atoms with Gasteiger partial charge >= 0.3 is 5.97 Å². The van der Waals surface area contributed by atoms with Crippen LogP contribution in [-0.2, 0) is 4.79 Å². The van der Waals surface area contributed by atoms with E-state index in [1.807, 2.05) is 0 Å². The Bertz CT molecular complexity index is 742. The minimum atomic E-state index is -0.913.